The maximum absolute atomic E-state index is 10.0. The molecule has 0 spiro atoms. The van der Waals surface area contributed by atoms with Gasteiger partial charge in [0.1, 0.15) is 0 Å². The molecular weight excluding hydrogens is 186 g/mol. The van der Waals surface area contributed by atoms with Crippen LogP contribution in [0.1, 0.15) is 6.92 Å². The van der Waals surface area contributed by atoms with Gasteiger partial charge in [0.15, 0.2) is 0 Å². The summed E-state index contributed by atoms with van der Waals surface area (Å²) < 4.78 is 1.58. The van der Waals surface area contributed by atoms with Crippen molar-refractivity contribution < 1.29 is 25.9 Å². The van der Waals surface area contributed by atoms with Gasteiger partial charge in [-0.2, -0.15) is 0 Å². The quantitative estimate of drug-likeness (QED) is 0.588. The van der Waals surface area contributed by atoms with Crippen molar-refractivity contribution in [3.63, 3.8) is 0 Å². The molecule has 0 aromatic carbocycles. The fourth-order valence-corrected chi connectivity index (χ4v) is 0.266. The van der Waals surface area contributed by atoms with Crippen LogP contribution in [0.4, 0.5) is 0 Å². The van der Waals surface area contributed by atoms with Crippen molar-refractivity contribution in [1.29, 1.82) is 0 Å². The Balaban J connectivity index is 3.14. The standard InChI is InChI=1S/C4H6NO.Ag/c1-3-5-4(2)6;/h1,3H,2H3,(H,5,6);. The Hall–Kier alpha value is -0.0497. The first kappa shape index (κ1) is 6.95. The molecule has 0 aliphatic carbocycles. The van der Waals surface area contributed by atoms with Crippen molar-refractivity contribution >= 4 is 5.91 Å². The summed E-state index contributed by atoms with van der Waals surface area (Å²) in [6.07, 6.45) is 1.52. The molecule has 3 heteroatoms. The van der Waals surface area contributed by atoms with Crippen LogP contribution in [0.15, 0.2) is 10.5 Å². The minimum absolute atomic E-state index is 0.0599. The first-order chi connectivity index (χ1) is 3.27. The van der Waals surface area contributed by atoms with E-state index in [4.69, 9.17) is 0 Å². The van der Waals surface area contributed by atoms with Crippen molar-refractivity contribution in [3.8, 4) is 0 Å². The molecule has 1 N–H and O–H groups in total. The topological polar surface area (TPSA) is 29.1 Å². The Morgan fingerprint density at radius 2 is 2.43 bits per heavy atom. The average molecular weight is 192 g/mol. The van der Waals surface area contributed by atoms with Gasteiger partial charge < -0.3 is 0 Å². The van der Waals surface area contributed by atoms with Gasteiger partial charge in [-0.15, -0.1) is 0 Å². The van der Waals surface area contributed by atoms with Gasteiger partial charge in [-0.25, -0.2) is 0 Å². The monoisotopic (exact) mass is 191 g/mol. The first-order valence-corrected chi connectivity index (χ1v) is 2.61. The van der Waals surface area contributed by atoms with E-state index < -0.39 is 0 Å². The predicted octanol–water partition coefficient (Wildman–Crippen LogP) is 0.141. The third kappa shape index (κ3) is 5.95. The molecule has 0 saturated carbocycles. The van der Waals surface area contributed by atoms with Crippen LogP contribution in [0.25, 0.3) is 0 Å². The van der Waals surface area contributed by atoms with E-state index in [-0.39, 0.29) is 5.91 Å². The summed E-state index contributed by atoms with van der Waals surface area (Å²) in [5.41, 5.74) is 0. The molecule has 1 amide bonds. The van der Waals surface area contributed by atoms with Gasteiger partial charge in [0.25, 0.3) is 0 Å². The summed E-state index contributed by atoms with van der Waals surface area (Å²) in [4.78, 5) is 10.0. The number of rotatable bonds is 1. The molecule has 7 heavy (non-hydrogen) atoms. The number of amides is 1. The van der Waals surface area contributed by atoms with Gasteiger partial charge >= 0.3 is 54.5 Å². The second-order valence-electron chi connectivity index (χ2n) is 0.968. The Labute approximate surface area is 54.9 Å². The van der Waals surface area contributed by atoms with E-state index in [0.717, 1.165) is 0 Å². The Bertz CT molecular complexity index is 89.7. The number of nitrogens with one attached hydrogen (secondary N) is 1. The van der Waals surface area contributed by atoms with Crippen LogP contribution < -0.4 is 5.32 Å². The van der Waals surface area contributed by atoms with Gasteiger partial charge in [-0.3, -0.25) is 0 Å². The summed E-state index contributed by atoms with van der Waals surface area (Å²) in [5.74, 6) is -0.0599. The molecule has 0 aliphatic rings. The van der Waals surface area contributed by atoms with E-state index in [2.05, 4.69) is 26.4 Å². The predicted molar refractivity (Wildman–Crippen MR) is 23.0 cm³/mol. The second-order valence-corrected chi connectivity index (χ2v) is 1.46. The van der Waals surface area contributed by atoms with E-state index in [1.165, 1.54) is 13.1 Å². The maximum atomic E-state index is 10.0. The van der Waals surface area contributed by atoms with E-state index in [0.29, 0.717) is 0 Å². The number of hydrogen-bond acceptors (Lipinski definition) is 1. The zero-order valence-electron chi connectivity index (χ0n) is 3.86. The first-order valence-electron chi connectivity index (χ1n) is 1.75. The summed E-state index contributed by atoms with van der Waals surface area (Å²) in [6.45, 7) is 1.45. The number of hydrogen-bond donors (Lipinski definition) is 1. The molecule has 0 rings (SSSR count). The Morgan fingerprint density at radius 3 is 2.57 bits per heavy atom. The molecule has 0 atom stereocenters. The number of carbonyl (C=O) groups is 1. The zero-order valence-corrected chi connectivity index (χ0v) is 5.35. The van der Waals surface area contributed by atoms with E-state index in [1.54, 1.807) is 4.29 Å². The molecule has 0 unspecified atom stereocenters. The van der Waals surface area contributed by atoms with Crippen LogP contribution in [-0.4, -0.2) is 5.91 Å². The van der Waals surface area contributed by atoms with Crippen molar-refractivity contribution in [3.05, 3.63) is 10.5 Å². The van der Waals surface area contributed by atoms with Crippen molar-refractivity contribution in [2.75, 3.05) is 0 Å². The molecular formula is C4H6AgNO. The summed E-state index contributed by atoms with van der Waals surface area (Å²) in [7, 11) is 0. The number of carbonyl (C=O) groups excluding carboxylic acids is 1. The van der Waals surface area contributed by atoms with E-state index in [9.17, 15) is 4.79 Å². The van der Waals surface area contributed by atoms with Gasteiger partial charge in [-0.05, 0) is 0 Å². The van der Waals surface area contributed by atoms with Crippen LogP contribution in [0.3, 0.4) is 0 Å². The Morgan fingerprint density at radius 1 is 1.86 bits per heavy atom. The van der Waals surface area contributed by atoms with Crippen LogP contribution >= 0.6 is 0 Å². The fraction of sp³-hybridized carbons (Fsp3) is 0.250. The molecule has 0 bridgehead atoms. The van der Waals surface area contributed by atoms with Gasteiger partial charge in [0, 0.05) is 0 Å². The van der Waals surface area contributed by atoms with Crippen LogP contribution in [-0.2, 0) is 25.9 Å². The van der Waals surface area contributed by atoms with Crippen molar-refractivity contribution in [1.82, 2.24) is 5.32 Å². The molecule has 2 nitrogen and oxygen atoms in total. The Kier molecular flexibility index (Phi) is 4.09. The van der Waals surface area contributed by atoms with E-state index in [1.807, 2.05) is 0 Å². The average Bonchev–Trinajstić information content (AvgIpc) is 1.61. The molecule has 0 heterocycles. The van der Waals surface area contributed by atoms with Gasteiger partial charge in [0.2, 0.25) is 0 Å². The zero-order chi connectivity index (χ0) is 5.70. The SMILES string of the molecule is CC(=O)N/C=[CH]/[Ag]. The minimum atomic E-state index is -0.0599. The fourth-order valence-electron chi connectivity index (χ4n) is 0.142. The van der Waals surface area contributed by atoms with E-state index >= 15 is 0 Å². The van der Waals surface area contributed by atoms with Crippen LogP contribution in [0, 0.1) is 0 Å². The molecule has 0 aliphatic heterocycles. The third-order valence-corrected chi connectivity index (χ3v) is 0.584. The molecule has 0 radical (unpaired) electrons. The van der Waals surface area contributed by atoms with Crippen LogP contribution in [0.2, 0.25) is 0 Å². The normalized spacial score (nSPS) is 9.57. The molecule has 0 fully saturated rings. The molecule has 0 saturated heterocycles. The van der Waals surface area contributed by atoms with Gasteiger partial charge in [0.05, 0.1) is 0 Å². The second kappa shape index (κ2) is 4.12. The van der Waals surface area contributed by atoms with Crippen LogP contribution in [0.5, 0.6) is 0 Å². The summed E-state index contributed by atoms with van der Waals surface area (Å²) >= 11 is 3.00. The molecule has 0 aromatic rings. The third-order valence-electron chi connectivity index (χ3n) is 0.337. The molecule has 0 aromatic heterocycles. The molecule has 44 valence electrons. The van der Waals surface area contributed by atoms with Crippen molar-refractivity contribution in [2.24, 2.45) is 0 Å². The summed E-state index contributed by atoms with van der Waals surface area (Å²) in [6, 6.07) is 0. The van der Waals surface area contributed by atoms with Crippen molar-refractivity contribution in [2.45, 2.75) is 6.92 Å². The van der Waals surface area contributed by atoms with Gasteiger partial charge in [-0.1, -0.05) is 0 Å². The summed E-state index contributed by atoms with van der Waals surface area (Å²) in [5, 5.41) is 2.43.